The van der Waals surface area contributed by atoms with Gasteiger partial charge in [0.25, 0.3) is 5.91 Å². The van der Waals surface area contributed by atoms with E-state index in [4.69, 9.17) is 0 Å². The van der Waals surface area contributed by atoms with Crippen molar-refractivity contribution in [3.63, 3.8) is 0 Å². The third kappa shape index (κ3) is 5.35. The molecule has 0 aromatic heterocycles. The standard InChI is InChI=1S/C23H30N4O2/c28-22(16-27-11-9-17-4-1-2-5-19(17)15-27)14-25-23(29)18-6-3-7-20(12-18)26-21-8-10-24-13-21/h1-7,12,21-22,24,26,28H,8-11,13-16H2,(H,25,29). The predicted molar refractivity (Wildman–Crippen MR) is 115 cm³/mol. The number of rotatable bonds is 7. The van der Waals surface area contributed by atoms with E-state index in [2.05, 4.69) is 45.1 Å². The number of carbonyl (C=O) groups excluding carboxylic acids is 1. The lowest BCUT2D eigenvalue weighted by molar-refractivity contribution is 0.0842. The minimum atomic E-state index is -0.588. The molecule has 0 aliphatic carbocycles. The molecule has 4 rings (SSSR count). The predicted octanol–water partition coefficient (Wildman–Crippen LogP) is 1.61. The molecule has 6 nitrogen and oxygen atoms in total. The van der Waals surface area contributed by atoms with Crippen LogP contribution in [0.1, 0.15) is 27.9 Å². The highest BCUT2D eigenvalue weighted by molar-refractivity contribution is 5.95. The summed E-state index contributed by atoms with van der Waals surface area (Å²) in [5.41, 5.74) is 4.30. The van der Waals surface area contributed by atoms with E-state index in [0.29, 0.717) is 18.2 Å². The summed E-state index contributed by atoms with van der Waals surface area (Å²) < 4.78 is 0. The largest absolute Gasteiger partial charge is 0.390 e. The van der Waals surface area contributed by atoms with E-state index in [1.807, 2.05) is 18.2 Å². The van der Waals surface area contributed by atoms with Crippen LogP contribution >= 0.6 is 0 Å². The molecule has 2 atom stereocenters. The van der Waals surface area contributed by atoms with Crippen molar-refractivity contribution in [2.75, 3.05) is 38.0 Å². The Balaban J connectivity index is 1.25. The Kier molecular flexibility index (Phi) is 6.44. The first-order valence-electron chi connectivity index (χ1n) is 10.5. The molecule has 1 saturated heterocycles. The van der Waals surface area contributed by atoms with Crippen LogP contribution in [0.5, 0.6) is 0 Å². The number of amides is 1. The highest BCUT2D eigenvalue weighted by atomic mass is 16.3. The molecule has 1 amide bonds. The van der Waals surface area contributed by atoms with Gasteiger partial charge in [-0.3, -0.25) is 9.69 Å². The van der Waals surface area contributed by atoms with Gasteiger partial charge in [-0.05, 0) is 48.7 Å². The van der Waals surface area contributed by atoms with E-state index < -0.39 is 6.10 Å². The summed E-state index contributed by atoms with van der Waals surface area (Å²) in [6, 6.07) is 16.4. The summed E-state index contributed by atoms with van der Waals surface area (Å²) in [6.45, 7) is 4.57. The molecule has 2 heterocycles. The minimum absolute atomic E-state index is 0.152. The first-order valence-corrected chi connectivity index (χ1v) is 10.5. The van der Waals surface area contributed by atoms with Gasteiger partial charge >= 0.3 is 0 Å². The van der Waals surface area contributed by atoms with E-state index in [1.165, 1.54) is 11.1 Å². The van der Waals surface area contributed by atoms with Crippen LogP contribution in [0.3, 0.4) is 0 Å². The first kappa shape index (κ1) is 19.9. The van der Waals surface area contributed by atoms with Gasteiger partial charge in [-0.15, -0.1) is 0 Å². The summed E-state index contributed by atoms with van der Waals surface area (Å²) in [6.07, 6.45) is 1.50. The van der Waals surface area contributed by atoms with Crippen molar-refractivity contribution in [3.8, 4) is 0 Å². The van der Waals surface area contributed by atoms with Gasteiger partial charge in [-0.1, -0.05) is 30.3 Å². The molecule has 2 unspecified atom stereocenters. The van der Waals surface area contributed by atoms with Crippen molar-refractivity contribution in [1.29, 1.82) is 0 Å². The minimum Gasteiger partial charge on any atom is -0.390 e. The number of nitrogens with one attached hydrogen (secondary N) is 3. The maximum atomic E-state index is 12.5. The van der Waals surface area contributed by atoms with Crippen LogP contribution in [-0.2, 0) is 13.0 Å². The Morgan fingerprint density at radius 2 is 2.07 bits per heavy atom. The Morgan fingerprint density at radius 3 is 2.90 bits per heavy atom. The maximum Gasteiger partial charge on any atom is 0.251 e. The Morgan fingerprint density at radius 1 is 1.21 bits per heavy atom. The third-order valence-electron chi connectivity index (χ3n) is 5.73. The van der Waals surface area contributed by atoms with Gasteiger partial charge in [0.1, 0.15) is 0 Å². The number of benzene rings is 2. The topological polar surface area (TPSA) is 76.6 Å². The zero-order chi connectivity index (χ0) is 20.1. The number of hydrogen-bond acceptors (Lipinski definition) is 5. The lowest BCUT2D eigenvalue weighted by atomic mass is 10.00. The van der Waals surface area contributed by atoms with E-state index >= 15 is 0 Å². The van der Waals surface area contributed by atoms with E-state index in [-0.39, 0.29) is 12.5 Å². The van der Waals surface area contributed by atoms with Gasteiger partial charge < -0.3 is 21.1 Å². The number of aliphatic hydroxyl groups excluding tert-OH is 1. The Bertz CT molecular complexity index is 835. The molecular formula is C23H30N4O2. The number of β-amino-alcohol motifs (C(OH)–C–C–N with tert-alkyl or cyclic N) is 1. The summed E-state index contributed by atoms with van der Waals surface area (Å²) in [7, 11) is 0. The highest BCUT2D eigenvalue weighted by Gasteiger charge is 2.19. The normalized spacial score (nSPS) is 20.1. The second kappa shape index (κ2) is 9.39. The molecule has 6 heteroatoms. The number of anilines is 1. The zero-order valence-corrected chi connectivity index (χ0v) is 16.7. The highest BCUT2D eigenvalue weighted by Crippen LogP contribution is 2.18. The second-order valence-corrected chi connectivity index (χ2v) is 8.03. The average molecular weight is 395 g/mol. The molecule has 2 aliphatic rings. The van der Waals surface area contributed by atoms with Crippen molar-refractivity contribution in [2.24, 2.45) is 0 Å². The molecule has 1 fully saturated rings. The van der Waals surface area contributed by atoms with Crippen LogP contribution in [0, 0.1) is 0 Å². The van der Waals surface area contributed by atoms with Gasteiger partial charge in [-0.2, -0.15) is 0 Å². The Labute approximate surface area is 172 Å². The molecule has 0 saturated carbocycles. The average Bonchev–Trinajstić information content (AvgIpc) is 3.25. The van der Waals surface area contributed by atoms with Crippen molar-refractivity contribution >= 4 is 11.6 Å². The molecule has 0 spiro atoms. The third-order valence-corrected chi connectivity index (χ3v) is 5.73. The quantitative estimate of drug-likeness (QED) is 0.574. The molecule has 29 heavy (non-hydrogen) atoms. The molecule has 2 aliphatic heterocycles. The van der Waals surface area contributed by atoms with Gasteiger partial charge in [0, 0.05) is 50.0 Å². The van der Waals surface area contributed by atoms with Gasteiger partial charge in [0.15, 0.2) is 0 Å². The molecule has 154 valence electrons. The summed E-state index contributed by atoms with van der Waals surface area (Å²) in [4.78, 5) is 14.8. The van der Waals surface area contributed by atoms with E-state index in [0.717, 1.165) is 44.7 Å². The number of aliphatic hydroxyl groups is 1. The van der Waals surface area contributed by atoms with Crippen molar-refractivity contribution in [2.45, 2.75) is 31.5 Å². The zero-order valence-electron chi connectivity index (χ0n) is 16.7. The molecule has 2 aromatic rings. The molecule has 2 aromatic carbocycles. The van der Waals surface area contributed by atoms with Gasteiger partial charge in [-0.25, -0.2) is 0 Å². The van der Waals surface area contributed by atoms with Crippen LogP contribution in [0.4, 0.5) is 5.69 Å². The maximum absolute atomic E-state index is 12.5. The van der Waals surface area contributed by atoms with Crippen LogP contribution in [0.15, 0.2) is 48.5 Å². The Hall–Kier alpha value is -2.41. The fraction of sp³-hybridized carbons (Fsp3) is 0.435. The van der Waals surface area contributed by atoms with Gasteiger partial charge in [0.2, 0.25) is 0 Å². The monoisotopic (exact) mass is 394 g/mol. The molecule has 0 radical (unpaired) electrons. The molecular weight excluding hydrogens is 364 g/mol. The van der Waals surface area contributed by atoms with Crippen molar-refractivity contribution in [1.82, 2.24) is 15.5 Å². The summed E-state index contributed by atoms with van der Waals surface area (Å²) in [5, 5.41) is 20.1. The SMILES string of the molecule is O=C(NCC(O)CN1CCc2ccccc2C1)c1cccc(NC2CCNC2)c1. The van der Waals surface area contributed by atoms with Crippen LogP contribution in [0.25, 0.3) is 0 Å². The van der Waals surface area contributed by atoms with Crippen LogP contribution in [-0.4, -0.2) is 60.8 Å². The van der Waals surface area contributed by atoms with E-state index in [1.54, 1.807) is 6.07 Å². The van der Waals surface area contributed by atoms with E-state index in [9.17, 15) is 9.90 Å². The number of hydrogen-bond donors (Lipinski definition) is 4. The van der Waals surface area contributed by atoms with Crippen molar-refractivity contribution < 1.29 is 9.90 Å². The van der Waals surface area contributed by atoms with Crippen LogP contribution < -0.4 is 16.0 Å². The smallest absolute Gasteiger partial charge is 0.251 e. The number of fused-ring (bicyclic) bond motifs is 1. The molecule has 0 bridgehead atoms. The summed E-state index contributed by atoms with van der Waals surface area (Å²) >= 11 is 0. The fourth-order valence-corrected chi connectivity index (χ4v) is 4.15. The number of carbonyl (C=O) groups is 1. The summed E-state index contributed by atoms with van der Waals surface area (Å²) in [5.74, 6) is -0.152. The lowest BCUT2D eigenvalue weighted by Crippen LogP contribution is -2.42. The second-order valence-electron chi connectivity index (χ2n) is 8.03. The lowest BCUT2D eigenvalue weighted by Gasteiger charge is -2.30. The molecule has 4 N–H and O–H groups in total. The van der Waals surface area contributed by atoms with Gasteiger partial charge in [0.05, 0.1) is 6.10 Å². The fourth-order valence-electron chi connectivity index (χ4n) is 4.15. The number of nitrogens with zero attached hydrogens (tertiary/aromatic N) is 1. The first-order chi connectivity index (χ1) is 14.2. The van der Waals surface area contributed by atoms with Crippen LogP contribution in [0.2, 0.25) is 0 Å². The van der Waals surface area contributed by atoms with Crippen molar-refractivity contribution in [3.05, 3.63) is 65.2 Å².